The van der Waals surface area contributed by atoms with Crippen molar-refractivity contribution in [1.82, 2.24) is 5.32 Å². The van der Waals surface area contributed by atoms with Gasteiger partial charge in [-0.15, -0.1) is 0 Å². The number of amides is 1. The van der Waals surface area contributed by atoms with E-state index in [0.717, 1.165) is 12.1 Å². The average molecular weight is 215 g/mol. The molecule has 0 radical (unpaired) electrons. The van der Waals surface area contributed by atoms with Crippen LogP contribution in [0.5, 0.6) is 0 Å². The third-order valence-electron chi connectivity index (χ3n) is 2.84. The molecule has 1 aliphatic heterocycles. The SMILES string of the molecule is CNC1CCN(c2cccc(C#N)c2)C1=O. The Morgan fingerprint density at radius 3 is 3.00 bits per heavy atom. The first-order valence-corrected chi connectivity index (χ1v) is 5.25. The zero-order valence-electron chi connectivity index (χ0n) is 9.10. The van der Waals surface area contributed by atoms with Gasteiger partial charge in [0.1, 0.15) is 0 Å². The molecule has 2 rings (SSSR count). The number of nitrogens with one attached hydrogen (secondary N) is 1. The minimum Gasteiger partial charge on any atom is -0.311 e. The van der Waals surface area contributed by atoms with Gasteiger partial charge in [0.2, 0.25) is 5.91 Å². The second-order valence-corrected chi connectivity index (χ2v) is 3.78. The number of carbonyl (C=O) groups is 1. The van der Waals surface area contributed by atoms with Crippen molar-refractivity contribution in [3.63, 3.8) is 0 Å². The van der Waals surface area contributed by atoms with Crippen LogP contribution < -0.4 is 10.2 Å². The normalized spacial score (nSPS) is 19.9. The fraction of sp³-hybridized carbons (Fsp3) is 0.333. The number of likely N-dealkylation sites (N-methyl/N-ethyl adjacent to an activating group) is 1. The summed E-state index contributed by atoms with van der Waals surface area (Å²) in [5.74, 6) is 0.0811. The van der Waals surface area contributed by atoms with E-state index in [1.54, 1.807) is 30.1 Å². The maximum Gasteiger partial charge on any atom is 0.244 e. The molecule has 0 aromatic heterocycles. The topological polar surface area (TPSA) is 56.1 Å². The molecule has 1 N–H and O–H groups in total. The quantitative estimate of drug-likeness (QED) is 0.796. The van der Waals surface area contributed by atoms with Gasteiger partial charge in [0.05, 0.1) is 17.7 Å². The molecule has 0 aliphatic carbocycles. The van der Waals surface area contributed by atoms with Crippen LogP contribution in [0.4, 0.5) is 5.69 Å². The highest BCUT2D eigenvalue weighted by Crippen LogP contribution is 2.22. The molecule has 1 amide bonds. The predicted molar refractivity (Wildman–Crippen MR) is 61.0 cm³/mol. The van der Waals surface area contributed by atoms with E-state index in [1.807, 2.05) is 6.07 Å². The zero-order chi connectivity index (χ0) is 11.5. The number of nitriles is 1. The molecule has 16 heavy (non-hydrogen) atoms. The fourth-order valence-corrected chi connectivity index (χ4v) is 1.95. The molecule has 4 nitrogen and oxygen atoms in total. The van der Waals surface area contributed by atoms with Crippen molar-refractivity contribution in [3.05, 3.63) is 29.8 Å². The summed E-state index contributed by atoms with van der Waals surface area (Å²) < 4.78 is 0. The van der Waals surface area contributed by atoms with Gasteiger partial charge in [-0.05, 0) is 31.7 Å². The first kappa shape index (κ1) is 10.7. The summed E-state index contributed by atoms with van der Waals surface area (Å²) in [5, 5.41) is 11.8. The van der Waals surface area contributed by atoms with Crippen LogP contribution in [0.1, 0.15) is 12.0 Å². The molecule has 1 aliphatic rings. The van der Waals surface area contributed by atoms with Crippen molar-refractivity contribution < 1.29 is 4.79 Å². The minimum atomic E-state index is -0.0919. The van der Waals surface area contributed by atoms with Crippen molar-refractivity contribution in [2.24, 2.45) is 0 Å². The van der Waals surface area contributed by atoms with Crippen LogP contribution in [-0.4, -0.2) is 25.5 Å². The summed E-state index contributed by atoms with van der Waals surface area (Å²) in [7, 11) is 1.79. The van der Waals surface area contributed by atoms with E-state index in [4.69, 9.17) is 5.26 Å². The van der Waals surface area contributed by atoms with Crippen molar-refractivity contribution >= 4 is 11.6 Å². The monoisotopic (exact) mass is 215 g/mol. The van der Waals surface area contributed by atoms with Crippen molar-refractivity contribution in [1.29, 1.82) is 5.26 Å². The van der Waals surface area contributed by atoms with Crippen LogP contribution in [0.15, 0.2) is 24.3 Å². The lowest BCUT2D eigenvalue weighted by atomic mass is 10.2. The summed E-state index contributed by atoms with van der Waals surface area (Å²) >= 11 is 0. The number of hydrogen-bond acceptors (Lipinski definition) is 3. The predicted octanol–water partition coefficient (Wildman–Crippen LogP) is 0.883. The van der Waals surface area contributed by atoms with Gasteiger partial charge in [0.25, 0.3) is 0 Å². The largest absolute Gasteiger partial charge is 0.311 e. The smallest absolute Gasteiger partial charge is 0.244 e. The van der Waals surface area contributed by atoms with E-state index in [-0.39, 0.29) is 11.9 Å². The van der Waals surface area contributed by atoms with Gasteiger partial charge in [0.15, 0.2) is 0 Å². The molecule has 1 atom stereocenters. The van der Waals surface area contributed by atoms with Gasteiger partial charge >= 0.3 is 0 Å². The lowest BCUT2D eigenvalue weighted by Crippen LogP contribution is -2.36. The van der Waals surface area contributed by atoms with Gasteiger partial charge < -0.3 is 10.2 Å². The third-order valence-corrected chi connectivity index (χ3v) is 2.84. The zero-order valence-corrected chi connectivity index (χ0v) is 9.10. The second kappa shape index (κ2) is 4.33. The van der Waals surface area contributed by atoms with E-state index in [1.165, 1.54) is 0 Å². The Bertz CT molecular complexity index is 450. The van der Waals surface area contributed by atoms with Crippen molar-refractivity contribution in [2.45, 2.75) is 12.5 Å². The first-order chi connectivity index (χ1) is 7.76. The van der Waals surface area contributed by atoms with Crippen molar-refractivity contribution in [3.8, 4) is 6.07 Å². The number of nitrogens with zero attached hydrogens (tertiary/aromatic N) is 2. The van der Waals surface area contributed by atoms with E-state index in [0.29, 0.717) is 12.1 Å². The average Bonchev–Trinajstić information content (AvgIpc) is 2.70. The Morgan fingerprint density at radius 2 is 2.38 bits per heavy atom. The number of rotatable bonds is 2. The fourth-order valence-electron chi connectivity index (χ4n) is 1.95. The summed E-state index contributed by atoms with van der Waals surface area (Å²) in [6.07, 6.45) is 0.812. The number of carbonyl (C=O) groups excluding carboxylic acids is 1. The summed E-state index contributed by atoms with van der Waals surface area (Å²) in [6, 6.07) is 9.12. The van der Waals surface area contributed by atoms with Crippen LogP contribution >= 0.6 is 0 Å². The molecule has 1 saturated heterocycles. The van der Waals surface area contributed by atoms with Gasteiger partial charge in [0, 0.05) is 12.2 Å². The van der Waals surface area contributed by atoms with Gasteiger partial charge in [-0.1, -0.05) is 6.07 Å². The molecule has 82 valence electrons. The molecule has 1 fully saturated rings. The maximum atomic E-state index is 11.9. The molecule has 1 aromatic rings. The van der Waals surface area contributed by atoms with Crippen LogP contribution in [0.25, 0.3) is 0 Å². The minimum absolute atomic E-state index is 0.0811. The Morgan fingerprint density at radius 1 is 1.56 bits per heavy atom. The number of benzene rings is 1. The molecule has 0 saturated carbocycles. The van der Waals surface area contributed by atoms with Crippen LogP contribution in [0.3, 0.4) is 0 Å². The molecular weight excluding hydrogens is 202 g/mol. The molecule has 1 heterocycles. The van der Waals surface area contributed by atoms with Crippen LogP contribution in [0.2, 0.25) is 0 Å². The second-order valence-electron chi connectivity index (χ2n) is 3.78. The Kier molecular flexibility index (Phi) is 2.88. The summed E-state index contributed by atoms with van der Waals surface area (Å²) in [4.78, 5) is 13.6. The third kappa shape index (κ3) is 1.77. The van der Waals surface area contributed by atoms with Gasteiger partial charge in [-0.2, -0.15) is 5.26 Å². The van der Waals surface area contributed by atoms with Gasteiger partial charge in [-0.3, -0.25) is 4.79 Å². The molecule has 0 spiro atoms. The standard InChI is InChI=1S/C12H13N3O/c1-14-11-5-6-15(12(11)16)10-4-2-3-9(7-10)8-13/h2-4,7,11,14H,5-6H2,1H3. The van der Waals surface area contributed by atoms with Gasteiger partial charge in [-0.25, -0.2) is 0 Å². The molecule has 4 heteroatoms. The van der Waals surface area contributed by atoms with E-state index in [2.05, 4.69) is 11.4 Å². The first-order valence-electron chi connectivity index (χ1n) is 5.25. The van der Waals surface area contributed by atoms with E-state index < -0.39 is 0 Å². The van der Waals surface area contributed by atoms with E-state index >= 15 is 0 Å². The highest BCUT2D eigenvalue weighted by Gasteiger charge is 2.31. The number of anilines is 1. The molecular formula is C12H13N3O. The Hall–Kier alpha value is -1.86. The highest BCUT2D eigenvalue weighted by atomic mass is 16.2. The molecule has 1 unspecified atom stereocenters. The molecule has 0 bridgehead atoms. The highest BCUT2D eigenvalue weighted by molar-refractivity contribution is 5.99. The number of hydrogen-bond donors (Lipinski definition) is 1. The van der Waals surface area contributed by atoms with Crippen LogP contribution in [-0.2, 0) is 4.79 Å². The summed E-state index contributed by atoms with van der Waals surface area (Å²) in [5.41, 5.74) is 1.39. The Balaban J connectivity index is 2.26. The van der Waals surface area contributed by atoms with Crippen LogP contribution in [0, 0.1) is 11.3 Å². The molecule has 1 aromatic carbocycles. The Labute approximate surface area is 94.5 Å². The summed E-state index contributed by atoms with van der Waals surface area (Å²) in [6.45, 7) is 0.708. The lowest BCUT2D eigenvalue weighted by Gasteiger charge is -2.16. The lowest BCUT2D eigenvalue weighted by molar-refractivity contribution is -0.118. The van der Waals surface area contributed by atoms with E-state index in [9.17, 15) is 4.79 Å². The maximum absolute atomic E-state index is 11.9. The van der Waals surface area contributed by atoms with Crippen molar-refractivity contribution in [2.75, 3.05) is 18.5 Å².